The number of hydrogen-bond donors (Lipinski definition) is 1. The largest absolute Gasteiger partial charge is 0.368 e. The first-order valence-electron chi connectivity index (χ1n) is 6.91. The Morgan fingerprint density at radius 3 is 2.58 bits per heavy atom. The molecule has 1 atom stereocenters. The van der Waals surface area contributed by atoms with Crippen molar-refractivity contribution in [2.45, 2.75) is 77.8 Å². The summed E-state index contributed by atoms with van der Waals surface area (Å²) in [6.45, 7) is 13.3. The van der Waals surface area contributed by atoms with Crippen molar-refractivity contribution in [1.82, 2.24) is 25.5 Å². The van der Waals surface area contributed by atoms with Gasteiger partial charge in [-0.05, 0) is 58.4 Å². The second-order valence-corrected chi connectivity index (χ2v) is 6.74. The highest BCUT2D eigenvalue weighted by atomic mass is 16.5. The topological polar surface area (TPSA) is 64.9 Å². The molecule has 1 aliphatic rings. The molecule has 0 amide bonds. The van der Waals surface area contributed by atoms with Crippen LogP contribution in [0.15, 0.2) is 0 Å². The van der Waals surface area contributed by atoms with Crippen molar-refractivity contribution in [3.63, 3.8) is 0 Å². The van der Waals surface area contributed by atoms with Crippen molar-refractivity contribution in [3.8, 4) is 0 Å². The quantitative estimate of drug-likeness (QED) is 0.899. The van der Waals surface area contributed by atoms with Crippen LogP contribution in [-0.4, -0.2) is 37.5 Å². The molecular formula is C13H25N5O. The maximum Gasteiger partial charge on any atom is 0.165 e. The van der Waals surface area contributed by atoms with E-state index in [1.165, 1.54) is 0 Å². The van der Waals surface area contributed by atoms with E-state index < -0.39 is 0 Å². The van der Waals surface area contributed by atoms with Gasteiger partial charge in [0.1, 0.15) is 0 Å². The molecule has 6 heteroatoms. The molecular weight excluding hydrogens is 242 g/mol. The molecule has 0 spiro atoms. The number of nitrogens with one attached hydrogen (secondary N) is 1. The van der Waals surface area contributed by atoms with Gasteiger partial charge in [-0.15, -0.1) is 5.10 Å². The molecule has 1 aromatic rings. The van der Waals surface area contributed by atoms with Crippen LogP contribution in [0.2, 0.25) is 0 Å². The number of aromatic nitrogens is 4. The summed E-state index contributed by atoms with van der Waals surface area (Å²) >= 11 is 0. The van der Waals surface area contributed by atoms with Crippen LogP contribution in [0.25, 0.3) is 0 Å². The molecule has 0 bridgehead atoms. The smallest absolute Gasteiger partial charge is 0.165 e. The maximum atomic E-state index is 6.08. The average Bonchev–Trinajstić information content (AvgIpc) is 2.77. The monoisotopic (exact) mass is 267 g/mol. The predicted molar refractivity (Wildman–Crippen MR) is 72.7 cm³/mol. The van der Waals surface area contributed by atoms with Gasteiger partial charge in [0.05, 0.1) is 23.8 Å². The van der Waals surface area contributed by atoms with Crippen LogP contribution in [0.3, 0.4) is 0 Å². The Morgan fingerprint density at radius 1 is 1.37 bits per heavy atom. The zero-order chi connectivity index (χ0) is 14.3. The molecule has 1 N–H and O–H groups in total. The Morgan fingerprint density at radius 2 is 2.05 bits per heavy atom. The van der Waals surface area contributed by atoms with Crippen LogP contribution in [0.1, 0.15) is 59.8 Å². The standard InChI is InChI=1S/C13H25N5O/c1-9(2)18-11(15-16-17-18)8-14-10-7-12(3,4)19-13(10,5)6/h9-10,14H,7-8H2,1-6H3/t10-/m1/s1. The van der Waals surface area contributed by atoms with Gasteiger partial charge in [-0.3, -0.25) is 0 Å². The van der Waals surface area contributed by atoms with E-state index in [9.17, 15) is 0 Å². The lowest BCUT2D eigenvalue weighted by atomic mass is 9.94. The Kier molecular flexibility index (Phi) is 3.66. The summed E-state index contributed by atoms with van der Waals surface area (Å²) in [5.41, 5.74) is -0.245. The Hall–Kier alpha value is -1.01. The van der Waals surface area contributed by atoms with E-state index in [1.54, 1.807) is 0 Å². The molecule has 1 aliphatic heterocycles. The normalized spacial score (nSPS) is 25.1. The molecule has 1 fully saturated rings. The van der Waals surface area contributed by atoms with Crippen LogP contribution in [-0.2, 0) is 11.3 Å². The summed E-state index contributed by atoms with van der Waals surface area (Å²) in [6.07, 6.45) is 0.989. The summed E-state index contributed by atoms with van der Waals surface area (Å²) in [4.78, 5) is 0. The fraction of sp³-hybridized carbons (Fsp3) is 0.923. The molecule has 0 saturated carbocycles. The van der Waals surface area contributed by atoms with Crippen LogP contribution >= 0.6 is 0 Å². The molecule has 108 valence electrons. The summed E-state index contributed by atoms with van der Waals surface area (Å²) < 4.78 is 7.92. The van der Waals surface area contributed by atoms with Crippen molar-refractivity contribution in [3.05, 3.63) is 5.82 Å². The lowest BCUT2D eigenvalue weighted by Gasteiger charge is -2.27. The third-order valence-corrected chi connectivity index (χ3v) is 3.63. The summed E-state index contributed by atoms with van der Waals surface area (Å²) in [6, 6.07) is 0.580. The number of tetrazole rings is 1. The second-order valence-electron chi connectivity index (χ2n) is 6.74. The Balaban J connectivity index is 2.01. The van der Waals surface area contributed by atoms with Gasteiger partial charge in [-0.1, -0.05) is 0 Å². The highest BCUT2D eigenvalue weighted by Crippen LogP contribution is 2.37. The minimum absolute atomic E-state index is 0.0782. The first-order valence-corrected chi connectivity index (χ1v) is 6.91. The van der Waals surface area contributed by atoms with Gasteiger partial charge < -0.3 is 10.1 Å². The molecule has 0 radical (unpaired) electrons. The van der Waals surface area contributed by atoms with Crippen molar-refractivity contribution >= 4 is 0 Å². The minimum Gasteiger partial charge on any atom is -0.368 e. The van der Waals surface area contributed by atoms with Gasteiger partial charge in [0.15, 0.2) is 5.82 Å². The number of rotatable bonds is 4. The Labute approximate surface area is 114 Å². The van der Waals surface area contributed by atoms with Crippen molar-refractivity contribution in [1.29, 1.82) is 0 Å². The molecule has 0 aliphatic carbocycles. The first kappa shape index (κ1) is 14.4. The van der Waals surface area contributed by atoms with Gasteiger partial charge in [-0.2, -0.15) is 0 Å². The Bertz CT molecular complexity index is 438. The first-order chi connectivity index (χ1) is 8.71. The second kappa shape index (κ2) is 4.83. The third kappa shape index (κ3) is 3.12. The summed E-state index contributed by atoms with van der Waals surface area (Å²) in [7, 11) is 0. The van der Waals surface area contributed by atoms with E-state index in [0.717, 1.165) is 12.2 Å². The van der Waals surface area contributed by atoms with E-state index in [-0.39, 0.29) is 17.2 Å². The molecule has 2 heterocycles. The number of nitrogens with zero attached hydrogens (tertiary/aromatic N) is 4. The van der Waals surface area contributed by atoms with Gasteiger partial charge in [-0.25, -0.2) is 4.68 Å². The molecule has 19 heavy (non-hydrogen) atoms. The summed E-state index contributed by atoms with van der Waals surface area (Å²) in [5.74, 6) is 0.871. The van der Waals surface area contributed by atoms with E-state index in [0.29, 0.717) is 12.6 Å². The molecule has 6 nitrogen and oxygen atoms in total. The molecule has 1 saturated heterocycles. The van der Waals surface area contributed by atoms with E-state index >= 15 is 0 Å². The fourth-order valence-electron chi connectivity index (χ4n) is 2.82. The van der Waals surface area contributed by atoms with Gasteiger partial charge in [0, 0.05) is 6.04 Å². The predicted octanol–water partition coefficient (Wildman–Crippen LogP) is 1.69. The van der Waals surface area contributed by atoms with Gasteiger partial charge >= 0.3 is 0 Å². The van der Waals surface area contributed by atoms with Crippen LogP contribution in [0.5, 0.6) is 0 Å². The van der Waals surface area contributed by atoms with Crippen molar-refractivity contribution < 1.29 is 4.74 Å². The van der Waals surface area contributed by atoms with Crippen molar-refractivity contribution in [2.24, 2.45) is 0 Å². The van der Waals surface area contributed by atoms with E-state index in [1.807, 2.05) is 4.68 Å². The van der Waals surface area contributed by atoms with Crippen LogP contribution in [0.4, 0.5) is 0 Å². The SMILES string of the molecule is CC(C)n1nnnc1CN[C@@H]1CC(C)(C)OC1(C)C. The number of hydrogen-bond acceptors (Lipinski definition) is 5. The maximum absolute atomic E-state index is 6.08. The number of ether oxygens (including phenoxy) is 1. The molecule has 1 aromatic heterocycles. The molecule has 0 aromatic carbocycles. The third-order valence-electron chi connectivity index (χ3n) is 3.63. The zero-order valence-electron chi connectivity index (χ0n) is 12.8. The van der Waals surface area contributed by atoms with Crippen LogP contribution < -0.4 is 5.32 Å². The summed E-state index contributed by atoms with van der Waals surface area (Å²) in [5, 5.41) is 15.4. The van der Waals surface area contributed by atoms with Gasteiger partial charge in [0.2, 0.25) is 0 Å². The fourth-order valence-corrected chi connectivity index (χ4v) is 2.82. The zero-order valence-corrected chi connectivity index (χ0v) is 12.8. The van der Waals surface area contributed by atoms with E-state index in [4.69, 9.17) is 4.74 Å². The highest BCUT2D eigenvalue weighted by molar-refractivity contribution is 4.99. The van der Waals surface area contributed by atoms with Crippen molar-refractivity contribution in [2.75, 3.05) is 0 Å². The van der Waals surface area contributed by atoms with Crippen LogP contribution in [0, 0.1) is 0 Å². The lowest BCUT2D eigenvalue weighted by molar-refractivity contribution is -0.0699. The average molecular weight is 267 g/mol. The molecule has 0 unspecified atom stereocenters. The van der Waals surface area contributed by atoms with E-state index in [2.05, 4.69) is 62.4 Å². The lowest BCUT2D eigenvalue weighted by Crippen LogP contribution is -2.43. The highest BCUT2D eigenvalue weighted by Gasteiger charge is 2.45. The minimum atomic E-state index is -0.167. The molecule has 2 rings (SSSR count). The van der Waals surface area contributed by atoms with Gasteiger partial charge in [0.25, 0.3) is 0 Å².